The lowest BCUT2D eigenvalue weighted by Gasteiger charge is -2.17. The van der Waals surface area contributed by atoms with Gasteiger partial charge in [-0.15, -0.1) is 3.89 Å². The Kier molecular flexibility index (Phi) is 3.78. The van der Waals surface area contributed by atoms with Crippen LogP contribution < -0.4 is 0 Å². The number of hydrogen-bond acceptors (Lipinski definition) is 3. The molecule has 8 heteroatoms. The molecule has 1 heterocycles. The molecular weight excluding hydrogens is 300 g/mol. The van der Waals surface area contributed by atoms with Crippen molar-refractivity contribution in [2.45, 2.75) is 18.2 Å². The number of amides is 1. The van der Waals surface area contributed by atoms with Crippen LogP contribution >= 0.6 is 11.6 Å². The van der Waals surface area contributed by atoms with Crippen LogP contribution in [0.5, 0.6) is 0 Å². The molecule has 4 nitrogen and oxygen atoms in total. The molecule has 0 bridgehead atoms. The molecule has 0 radical (unpaired) electrons. The van der Waals surface area contributed by atoms with Gasteiger partial charge in [0.1, 0.15) is 11.1 Å². The maximum atomic E-state index is 13.5. The predicted molar refractivity (Wildman–Crippen MR) is 65.3 cm³/mol. The summed E-state index contributed by atoms with van der Waals surface area (Å²) in [4.78, 5) is 12.7. The number of halogens is 3. The first kappa shape index (κ1) is 14.2. The third kappa shape index (κ3) is 3.03. The zero-order valence-corrected chi connectivity index (χ0v) is 11.2. The normalized spacial score (nSPS) is 20.1. The summed E-state index contributed by atoms with van der Waals surface area (Å²) in [6, 6.07) is 4.07. The van der Waals surface area contributed by atoms with Gasteiger partial charge in [-0.25, -0.2) is 4.39 Å². The maximum Gasteiger partial charge on any atom is 0.307 e. The molecule has 1 atom stereocenters. The van der Waals surface area contributed by atoms with E-state index in [9.17, 15) is 21.5 Å². The molecule has 1 fully saturated rings. The number of rotatable bonds is 3. The second-order valence-corrected chi connectivity index (χ2v) is 6.30. The molecule has 1 unspecified atom stereocenters. The molecule has 104 valence electrons. The summed E-state index contributed by atoms with van der Waals surface area (Å²) in [6.07, 6.45) is -0.426. The highest BCUT2D eigenvalue weighted by Crippen LogP contribution is 2.25. The van der Waals surface area contributed by atoms with E-state index >= 15 is 0 Å². The number of nitrogens with zero attached hydrogens (tertiary/aromatic N) is 1. The van der Waals surface area contributed by atoms with Gasteiger partial charge in [-0.2, -0.15) is 8.42 Å². The van der Waals surface area contributed by atoms with Gasteiger partial charge in [0, 0.05) is 23.6 Å². The molecule has 0 aromatic heterocycles. The lowest BCUT2D eigenvalue weighted by molar-refractivity contribution is -0.128. The van der Waals surface area contributed by atoms with Crippen LogP contribution in [0.15, 0.2) is 18.2 Å². The van der Waals surface area contributed by atoms with E-state index in [-0.39, 0.29) is 23.7 Å². The number of hydrogen-bond donors (Lipinski definition) is 0. The summed E-state index contributed by atoms with van der Waals surface area (Å²) in [5.74, 6) is -1.13. The Morgan fingerprint density at radius 3 is 2.63 bits per heavy atom. The summed E-state index contributed by atoms with van der Waals surface area (Å²) < 4.78 is 47.9. The quantitative estimate of drug-likeness (QED) is 0.801. The molecule has 2 rings (SSSR count). The van der Waals surface area contributed by atoms with E-state index in [1.807, 2.05) is 0 Å². The van der Waals surface area contributed by atoms with Crippen molar-refractivity contribution >= 4 is 27.7 Å². The minimum atomic E-state index is -4.77. The first-order valence-corrected chi connectivity index (χ1v) is 7.25. The lowest BCUT2D eigenvalue weighted by atomic mass is 10.2. The van der Waals surface area contributed by atoms with Gasteiger partial charge < -0.3 is 4.90 Å². The van der Waals surface area contributed by atoms with Crippen LogP contribution in [0.4, 0.5) is 8.28 Å². The minimum absolute atomic E-state index is 0.0921. The third-order valence-electron chi connectivity index (χ3n) is 2.99. The highest BCUT2D eigenvalue weighted by atomic mass is 35.5. The van der Waals surface area contributed by atoms with Crippen LogP contribution in [0.1, 0.15) is 12.0 Å². The van der Waals surface area contributed by atoms with E-state index in [0.717, 1.165) is 4.90 Å². The fraction of sp³-hybridized carbons (Fsp3) is 0.364. The standard InChI is InChI=1S/C11H10ClF2NO3S/c12-9-2-1-3-10(13)8(9)6-15-5-7(4-11(15)16)19(14,17)18/h1-3,7H,4-6H2. The van der Waals surface area contributed by atoms with Crippen LogP contribution in [0.25, 0.3) is 0 Å². The van der Waals surface area contributed by atoms with Gasteiger partial charge in [0.15, 0.2) is 0 Å². The molecule has 19 heavy (non-hydrogen) atoms. The van der Waals surface area contributed by atoms with Crippen LogP contribution in [-0.2, 0) is 21.6 Å². The van der Waals surface area contributed by atoms with Crippen molar-refractivity contribution in [3.8, 4) is 0 Å². The van der Waals surface area contributed by atoms with Crippen LogP contribution in [0.2, 0.25) is 5.02 Å². The fourth-order valence-corrected chi connectivity index (χ4v) is 2.87. The Hall–Kier alpha value is -1.21. The van der Waals surface area contributed by atoms with E-state index in [4.69, 9.17) is 11.6 Å². The molecule has 1 aromatic rings. The van der Waals surface area contributed by atoms with Gasteiger partial charge in [0.05, 0.1) is 6.54 Å². The smallest absolute Gasteiger partial charge is 0.307 e. The number of carbonyl (C=O) groups excluding carboxylic acids is 1. The average molecular weight is 310 g/mol. The molecule has 1 saturated heterocycles. The van der Waals surface area contributed by atoms with Crippen molar-refractivity contribution in [3.63, 3.8) is 0 Å². The highest BCUT2D eigenvalue weighted by Gasteiger charge is 2.38. The minimum Gasteiger partial charge on any atom is -0.337 e. The average Bonchev–Trinajstić information content (AvgIpc) is 2.65. The Morgan fingerprint density at radius 2 is 2.11 bits per heavy atom. The van der Waals surface area contributed by atoms with Crippen LogP contribution in [-0.4, -0.2) is 31.0 Å². The Morgan fingerprint density at radius 1 is 1.42 bits per heavy atom. The molecule has 0 saturated carbocycles. The SMILES string of the molecule is O=C1CC(S(=O)(=O)F)CN1Cc1c(F)cccc1Cl. The second-order valence-electron chi connectivity index (χ2n) is 4.28. The number of carbonyl (C=O) groups is 1. The molecule has 1 aromatic carbocycles. The largest absolute Gasteiger partial charge is 0.337 e. The van der Waals surface area contributed by atoms with Crippen LogP contribution in [0, 0.1) is 5.82 Å². The Labute approximate surface area is 114 Å². The second kappa shape index (κ2) is 5.05. The van der Waals surface area contributed by atoms with Gasteiger partial charge in [0.25, 0.3) is 0 Å². The summed E-state index contributed by atoms with van der Waals surface area (Å²) in [6.45, 7) is -0.460. The monoisotopic (exact) mass is 309 g/mol. The molecular formula is C11H10ClF2NO3S. The zero-order valence-electron chi connectivity index (χ0n) is 9.64. The molecule has 0 aliphatic carbocycles. The van der Waals surface area contributed by atoms with Gasteiger partial charge >= 0.3 is 10.2 Å². The van der Waals surface area contributed by atoms with Crippen molar-refractivity contribution in [3.05, 3.63) is 34.6 Å². The first-order chi connectivity index (χ1) is 8.79. The lowest BCUT2D eigenvalue weighted by Crippen LogP contribution is -2.27. The predicted octanol–water partition coefficient (Wildman–Crippen LogP) is 1.88. The molecule has 0 spiro atoms. The van der Waals surface area contributed by atoms with Crippen molar-refractivity contribution < 1.29 is 21.5 Å². The zero-order chi connectivity index (χ0) is 14.2. The van der Waals surface area contributed by atoms with Gasteiger partial charge in [0.2, 0.25) is 5.91 Å². The van der Waals surface area contributed by atoms with Gasteiger partial charge in [-0.05, 0) is 12.1 Å². The van der Waals surface area contributed by atoms with Gasteiger partial charge in [-0.3, -0.25) is 4.79 Å². The van der Waals surface area contributed by atoms with Crippen LogP contribution in [0.3, 0.4) is 0 Å². The molecule has 0 N–H and O–H groups in total. The van der Waals surface area contributed by atoms with Gasteiger partial charge in [-0.1, -0.05) is 17.7 Å². The summed E-state index contributed by atoms with van der Waals surface area (Å²) in [5, 5.41) is -1.25. The summed E-state index contributed by atoms with van der Waals surface area (Å²) >= 11 is 5.81. The van der Waals surface area contributed by atoms with E-state index < -0.39 is 33.6 Å². The van der Waals surface area contributed by atoms with Crippen molar-refractivity contribution in [2.24, 2.45) is 0 Å². The van der Waals surface area contributed by atoms with E-state index in [2.05, 4.69) is 0 Å². The molecule has 1 aliphatic heterocycles. The van der Waals surface area contributed by atoms with Crippen molar-refractivity contribution in [2.75, 3.05) is 6.54 Å². The number of benzene rings is 1. The van der Waals surface area contributed by atoms with E-state index in [1.165, 1.54) is 18.2 Å². The summed E-state index contributed by atoms with van der Waals surface area (Å²) in [7, 11) is -4.77. The molecule has 1 aliphatic rings. The van der Waals surface area contributed by atoms with E-state index in [1.54, 1.807) is 0 Å². The maximum absolute atomic E-state index is 13.5. The Balaban J connectivity index is 2.19. The highest BCUT2D eigenvalue weighted by molar-refractivity contribution is 7.87. The van der Waals surface area contributed by atoms with E-state index in [0.29, 0.717) is 0 Å². The molecule has 1 amide bonds. The first-order valence-electron chi connectivity index (χ1n) is 5.43. The fourth-order valence-electron chi connectivity index (χ4n) is 1.95. The Bertz CT molecular complexity index is 600. The van der Waals surface area contributed by atoms with Crippen molar-refractivity contribution in [1.29, 1.82) is 0 Å². The third-order valence-corrected chi connectivity index (χ3v) is 4.45. The summed E-state index contributed by atoms with van der Waals surface area (Å²) in [5.41, 5.74) is 0.0921. The number of likely N-dealkylation sites (tertiary alicyclic amines) is 1. The topological polar surface area (TPSA) is 54.5 Å². The van der Waals surface area contributed by atoms with Crippen molar-refractivity contribution in [1.82, 2.24) is 4.90 Å².